The Labute approximate surface area is 175 Å². The highest BCUT2D eigenvalue weighted by Crippen LogP contribution is 2.31. The van der Waals surface area contributed by atoms with E-state index in [1.54, 1.807) is 21.9 Å². The minimum atomic E-state index is -0.335. The fourth-order valence-electron chi connectivity index (χ4n) is 4.10. The Morgan fingerprint density at radius 1 is 1.17 bits per heavy atom. The standard InChI is InChI=1S/C22H25N3O5/c1-28-19-9-8-17(20(23-19)29-2)21(26)24-11-10-16-14-30-22(27)25(18(16)13-24)12-15-6-4-3-5-7-15/h3-9,16,18H,10-14H2,1-2H3/t16-,18-/m1/s1. The van der Waals surface area contributed by atoms with Crippen LogP contribution in [-0.2, 0) is 11.3 Å². The molecule has 2 amide bonds. The molecule has 8 heteroatoms. The van der Waals surface area contributed by atoms with E-state index in [2.05, 4.69) is 4.98 Å². The molecule has 4 rings (SSSR count). The fraction of sp³-hybridized carbons (Fsp3) is 0.409. The van der Waals surface area contributed by atoms with E-state index in [0.29, 0.717) is 37.7 Å². The van der Waals surface area contributed by atoms with Crippen LogP contribution in [0.1, 0.15) is 22.3 Å². The summed E-state index contributed by atoms with van der Waals surface area (Å²) in [5, 5.41) is 0. The number of amides is 2. The van der Waals surface area contributed by atoms with Crippen molar-refractivity contribution in [1.82, 2.24) is 14.8 Å². The minimum absolute atomic E-state index is 0.0960. The lowest BCUT2D eigenvalue weighted by Crippen LogP contribution is -2.59. The summed E-state index contributed by atoms with van der Waals surface area (Å²) in [6.45, 7) is 1.88. The molecule has 1 aromatic carbocycles. The third-order valence-corrected chi connectivity index (χ3v) is 5.73. The Hall–Kier alpha value is -3.29. The highest BCUT2D eigenvalue weighted by atomic mass is 16.6. The lowest BCUT2D eigenvalue weighted by atomic mass is 9.89. The van der Waals surface area contributed by atoms with Gasteiger partial charge in [0.2, 0.25) is 11.8 Å². The number of hydrogen-bond donors (Lipinski definition) is 0. The van der Waals surface area contributed by atoms with Crippen LogP contribution >= 0.6 is 0 Å². The first-order valence-electron chi connectivity index (χ1n) is 9.96. The van der Waals surface area contributed by atoms with Gasteiger partial charge in [-0.15, -0.1) is 0 Å². The van der Waals surface area contributed by atoms with E-state index in [4.69, 9.17) is 14.2 Å². The monoisotopic (exact) mass is 411 g/mol. The molecule has 0 saturated carbocycles. The van der Waals surface area contributed by atoms with Gasteiger partial charge < -0.3 is 19.1 Å². The van der Waals surface area contributed by atoms with Gasteiger partial charge in [0.1, 0.15) is 5.56 Å². The molecule has 0 bridgehead atoms. The number of methoxy groups -OCH3 is 2. The van der Waals surface area contributed by atoms with E-state index in [1.807, 2.05) is 30.3 Å². The third-order valence-electron chi connectivity index (χ3n) is 5.73. The number of cyclic esters (lactones) is 1. The van der Waals surface area contributed by atoms with Crippen LogP contribution in [0.3, 0.4) is 0 Å². The number of carbonyl (C=O) groups is 2. The van der Waals surface area contributed by atoms with Crippen molar-refractivity contribution in [3.05, 3.63) is 53.6 Å². The molecule has 2 atom stereocenters. The number of ether oxygens (including phenoxy) is 3. The van der Waals surface area contributed by atoms with Crippen LogP contribution in [0.25, 0.3) is 0 Å². The summed E-state index contributed by atoms with van der Waals surface area (Å²) >= 11 is 0. The maximum atomic E-state index is 13.2. The fourth-order valence-corrected chi connectivity index (χ4v) is 4.10. The van der Waals surface area contributed by atoms with Crippen LogP contribution in [0.2, 0.25) is 0 Å². The number of fused-ring (bicyclic) bond motifs is 1. The van der Waals surface area contributed by atoms with Crippen molar-refractivity contribution in [1.29, 1.82) is 0 Å². The lowest BCUT2D eigenvalue weighted by Gasteiger charge is -2.46. The normalized spacial score (nSPS) is 20.9. The van der Waals surface area contributed by atoms with E-state index >= 15 is 0 Å². The number of carbonyl (C=O) groups excluding carboxylic acids is 2. The van der Waals surface area contributed by atoms with E-state index in [0.717, 1.165) is 12.0 Å². The molecule has 30 heavy (non-hydrogen) atoms. The zero-order valence-electron chi connectivity index (χ0n) is 17.1. The quantitative estimate of drug-likeness (QED) is 0.752. The first kappa shape index (κ1) is 20.0. The van der Waals surface area contributed by atoms with Gasteiger partial charge in [-0.05, 0) is 18.1 Å². The zero-order chi connectivity index (χ0) is 21.1. The van der Waals surface area contributed by atoms with Crippen molar-refractivity contribution >= 4 is 12.0 Å². The molecule has 2 aliphatic heterocycles. The predicted molar refractivity (Wildman–Crippen MR) is 108 cm³/mol. The molecule has 158 valence electrons. The van der Waals surface area contributed by atoms with Gasteiger partial charge in [0.05, 0.1) is 26.9 Å². The van der Waals surface area contributed by atoms with Crippen molar-refractivity contribution in [2.24, 2.45) is 5.92 Å². The van der Waals surface area contributed by atoms with Gasteiger partial charge in [0.15, 0.2) is 0 Å². The Morgan fingerprint density at radius 3 is 2.70 bits per heavy atom. The van der Waals surface area contributed by atoms with Crippen LogP contribution in [0.4, 0.5) is 4.79 Å². The number of nitrogens with zero attached hydrogens (tertiary/aromatic N) is 3. The average molecular weight is 411 g/mol. The Balaban J connectivity index is 1.55. The van der Waals surface area contributed by atoms with Crippen molar-refractivity contribution in [3.8, 4) is 11.8 Å². The number of pyridine rings is 1. The van der Waals surface area contributed by atoms with Crippen LogP contribution in [0.5, 0.6) is 11.8 Å². The molecule has 0 radical (unpaired) electrons. The molecule has 2 aliphatic rings. The summed E-state index contributed by atoms with van der Waals surface area (Å²) in [6.07, 6.45) is 0.430. The Bertz CT molecular complexity index is 920. The molecule has 0 spiro atoms. The van der Waals surface area contributed by atoms with E-state index < -0.39 is 0 Å². The maximum absolute atomic E-state index is 13.2. The minimum Gasteiger partial charge on any atom is -0.481 e. The van der Waals surface area contributed by atoms with Crippen LogP contribution in [-0.4, -0.2) is 66.7 Å². The molecule has 2 fully saturated rings. The first-order chi connectivity index (χ1) is 14.6. The molecule has 8 nitrogen and oxygen atoms in total. The summed E-state index contributed by atoms with van der Waals surface area (Å²) in [5.74, 6) is 0.641. The van der Waals surface area contributed by atoms with Gasteiger partial charge in [-0.1, -0.05) is 30.3 Å². The Kier molecular flexibility index (Phi) is 5.74. The van der Waals surface area contributed by atoms with Crippen molar-refractivity contribution in [3.63, 3.8) is 0 Å². The lowest BCUT2D eigenvalue weighted by molar-refractivity contribution is -0.0275. The number of likely N-dealkylation sites (tertiary alicyclic amines) is 1. The van der Waals surface area contributed by atoms with Crippen LogP contribution in [0, 0.1) is 5.92 Å². The van der Waals surface area contributed by atoms with Gasteiger partial charge in [-0.2, -0.15) is 4.98 Å². The summed E-state index contributed by atoms with van der Waals surface area (Å²) in [6, 6.07) is 13.0. The smallest absolute Gasteiger partial charge is 0.410 e. The molecule has 1 aromatic heterocycles. The topological polar surface area (TPSA) is 81.2 Å². The molecule has 0 aliphatic carbocycles. The molecule has 2 saturated heterocycles. The number of benzene rings is 1. The summed E-state index contributed by atoms with van der Waals surface area (Å²) in [5.41, 5.74) is 1.41. The summed E-state index contributed by atoms with van der Waals surface area (Å²) in [4.78, 5) is 33.5. The maximum Gasteiger partial charge on any atom is 0.410 e. The predicted octanol–water partition coefficient (Wildman–Crippen LogP) is 2.58. The Morgan fingerprint density at radius 2 is 1.97 bits per heavy atom. The van der Waals surface area contributed by atoms with Gasteiger partial charge >= 0.3 is 6.09 Å². The molecular formula is C22H25N3O5. The van der Waals surface area contributed by atoms with Crippen LogP contribution < -0.4 is 9.47 Å². The van der Waals surface area contributed by atoms with E-state index in [9.17, 15) is 9.59 Å². The molecular weight excluding hydrogens is 386 g/mol. The largest absolute Gasteiger partial charge is 0.481 e. The van der Waals surface area contributed by atoms with E-state index in [1.165, 1.54) is 14.2 Å². The van der Waals surface area contributed by atoms with Gasteiger partial charge in [-0.25, -0.2) is 4.79 Å². The average Bonchev–Trinajstić information content (AvgIpc) is 2.80. The highest BCUT2D eigenvalue weighted by Gasteiger charge is 2.42. The molecule has 2 aromatic rings. The molecule has 0 unspecified atom stereocenters. The number of rotatable bonds is 5. The third kappa shape index (κ3) is 3.90. The molecule has 3 heterocycles. The summed E-state index contributed by atoms with van der Waals surface area (Å²) < 4.78 is 15.8. The summed E-state index contributed by atoms with van der Waals surface area (Å²) in [7, 11) is 2.99. The first-order valence-corrected chi connectivity index (χ1v) is 9.96. The van der Waals surface area contributed by atoms with Gasteiger partial charge in [0, 0.05) is 31.6 Å². The SMILES string of the molecule is COc1ccc(C(=O)N2CC[C@@H]3COC(=O)N(Cc4ccccc4)[C@@H]3C2)c(OC)n1. The van der Waals surface area contributed by atoms with Crippen LogP contribution in [0.15, 0.2) is 42.5 Å². The van der Waals surface area contributed by atoms with E-state index in [-0.39, 0.29) is 29.8 Å². The number of aromatic nitrogens is 1. The zero-order valence-corrected chi connectivity index (χ0v) is 17.1. The second-order valence-corrected chi connectivity index (χ2v) is 7.47. The number of hydrogen-bond acceptors (Lipinski definition) is 6. The van der Waals surface area contributed by atoms with Gasteiger partial charge in [0.25, 0.3) is 5.91 Å². The van der Waals surface area contributed by atoms with Gasteiger partial charge in [-0.3, -0.25) is 9.69 Å². The van der Waals surface area contributed by atoms with Crippen molar-refractivity contribution in [2.75, 3.05) is 33.9 Å². The second kappa shape index (κ2) is 8.61. The van der Waals surface area contributed by atoms with Crippen molar-refractivity contribution < 1.29 is 23.8 Å². The highest BCUT2D eigenvalue weighted by molar-refractivity contribution is 5.96. The molecule has 0 N–H and O–H groups in total. The van der Waals surface area contributed by atoms with Crippen molar-refractivity contribution in [2.45, 2.75) is 19.0 Å². The second-order valence-electron chi connectivity index (χ2n) is 7.47. The number of piperidine rings is 1.